The summed E-state index contributed by atoms with van der Waals surface area (Å²) in [7, 11) is 0. The van der Waals surface area contributed by atoms with Crippen LogP contribution in [0.3, 0.4) is 0 Å². The van der Waals surface area contributed by atoms with Crippen molar-refractivity contribution in [1.82, 2.24) is 0 Å². The molecule has 0 aliphatic heterocycles. The fourth-order valence-electron chi connectivity index (χ4n) is 0. The van der Waals surface area contributed by atoms with Crippen LogP contribution in [0.25, 0.3) is 0 Å². The maximum absolute atomic E-state index is 7.50. The quantitative estimate of drug-likeness (QED) is 0.275. The van der Waals surface area contributed by atoms with Crippen molar-refractivity contribution in [2.24, 2.45) is 0 Å². The van der Waals surface area contributed by atoms with Crippen molar-refractivity contribution in [2.75, 3.05) is 0 Å². The van der Waals surface area contributed by atoms with E-state index in [-0.39, 0.29) is 24.5 Å². The molecule has 0 aromatic rings. The summed E-state index contributed by atoms with van der Waals surface area (Å²) < 4.78 is 22.5. The molecule has 0 radical (unpaired) electrons. The fourth-order valence-corrected chi connectivity index (χ4v) is 0. The van der Waals surface area contributed by atoms with Crippen LogP contribution in [0.2, 0.25) is 0 Å². The molecule has 0 amide bonds. The molecule has 0 spiro atoms. The molecule has 0 unspecified atom stereocenters. The van der Waals surface area contributed by atoms with Crippen molar-refractivity contribution in [3.63, 3.8) is 0 Å². The van der Waals surface area contributed by atoms with Gasteiger partial charge in [0.2, 0.25) is 0 Å². The Hall–Kier alpha value is -0.261. The Morgan fingerprint density at radius 2 is 0.625 bits per heavy atom. The van der Waals surface area contributed by atoms with Crippen LogP contribution in [0.4, 0.5) is 0 Å². The van der Waals surface area contributed by atoms with E-state index in [0.717, 1.165) is 0 Å². The molecule has 0 aliphatic carbocycles. The number of hydrogen-bond acceptors (Lipinski definition) is 0. The van der Waals surface area contributed by atoms with E-state index in [1.54, 1.807) is 0 Å². The molecule has 0 aliphatic rings. The molecule has 0 N–H and O–H groups in total. The first-order valence-electron chi connectivity index (χ1n) is 0.612. The molecule has 46 valence electrons. The van der Waals surface area contributed by atoms with Gasteiger partial charge in [0.05, 0.1) is 0 Å². The standard InChI is InChI=1S/3CO.CH3.Fe/c3*1-2;;/h;;;1H3;/q;;;-1;. The Bertz CT molecular complexity index is 39.8. The minimum atomic E-state index is 0. The third-order valence-electron chi connectivity index (χ3n) is 0. The Balaban J connectivity index is -0.00000000500. The molecule has 0 saturated heterocycles. The van der Waals surface area contributed by atoms with Crippen molar-refractivity contribution in [1.29, 1.82) is 0 Å². The van der Waals surface area contributed by atoms with Gasteiger partial charge in [-0.05, 0) is 0 Å². The van der Waals surface area contributed by atoms with Gasteiger partial charge in [-0.25, -0.2) is 0 Å². The Kier molecular flexibility index (Phi) is 19200. The summed E-state index contributed by atoms with van der Waals surface area (Å²) in [5.74, 6) is 0. The average Bonchev–Trinajstić information content (AvgIpc) is 1.81. The van der Waals surface area contributed by atoms with E-state index in [0.29, 0.717) is 0 Å². The molecule has 0 aromatic heterocycles. The molecule has 0 saturated carbocycles. The van der Waals surface area contributed by atoms with Crippen LogP contribution in [0, 0.1) is 27.4 Å². The van der Waals surface area contributed by atoms with Crippen molar-refractivity contribution in [2.45, 2.75) is 0 Å². The SMILES string of the molecule is [C-]#[O+].[C-]#[O+].[C-]#[O+].[CH3-].[Fe]. The van der Waals surface area contributed by atoms with Gasteiger partial charge in [0, 0.05) is 17.1 Å². The van der Waals surface area contributed by atoms with E-state index < -0.39 is 0 Å². The summed E-state index contributed by atoms with van der Waals surface area (Å²) in [6, 6.07) is 0. The largest absolute Gasteiger partial charge is 0.358 e. The number of hydrogen-bond donors (Lipinski definition) is 0. The third kappa shape index (κ3) is 1900. The van der Waals surface area contributed by atoms with Gasteiger partial charge in [0.1, 0.15) is 0 Å². The zero-order valence-corrected chi connectivity index (χ0v) is 5.18. The summed E-state index contributed by atoms with van der Waals surface area (Å²) >= 11 is 0. The molecule has 4 heteroatoms. The zero-order chi connectivity index (χ0) is 6.00. The van der Waals surface area contributed by atoms with Gasteiger partial charge >= 0.3 is 33.9 Å². The van der Waals surface area contributed by atoms with Gasteiger partial charge in [-0.3, -0.25) is 0 Å². The summed E-state index contributed by atoms with van der Waals surface area (Å²) in [4.78, 5) is 0. The maximum atomic E-state index is 7.50. The van der Waals surface area contributed by atoms with Gasteiger partial charge in [0.25, 0.3) is 0 Å². The average molecular weight is 155 g/mol. The van der Waals surface area contributed by atoms with Crippen molar-refractivity contribution in [3.05, 3.63) is 27.4 Å². The predicted molar refractivity (Wildman–Crippen MR) is 18.2 cm³/mol. The van der Waals surface area contributed by atoms with Gasteiger partial charge in [-0.1, -0.05) is 0 Å². The summed E-state index contributed by atoms with van der Waals surface area (Å²) in [5.41, 5.74) is 0. The Labute approximate surface area is 59.1 Å². The summed E-state index contributed by atoms with van der Waals surface area (Å²) in [6.45, 7) is 13.5. The van der Waals surface area contributed by atoms with Crippen molar-refractivity contribution >= 4 is 0 Å². The van der Waals surface area contributed by atoms with Crippen LogP contribution in [0.1, 0.15) is 0 Å². The topological polar surface area (TPSA) is 59.7 Å². The normalized spacial score (nSPS) is 0.750. The minimum absolute atomic E-state index is 0. The van der Waals surface area contributed by atoms with E-state index in [1.807, 2.05) is 0 Å². The van der Waals surface area contributed by atoms with Gasteiger partial charge in [-0.2, -0.15) is 0 Å². The van der Waals surface area contributed by atoms with Crippen molar-refractivity contribution < 1.29 is 31.0 Å². The van der Waals surface area contributed by atoms with Crippen LogP contribution >= 0.6 is 0 Å². The van der Waals surface area contributed by atoms with E-state index in [9.17, 15) is 0 Å². The molecular weight excluding hydrogens is 152 g/mol. The van der Waals surface area contributed by atoms with E-state index in [4.69, 9.17) is 14.0 Å². The van der Waals surface area contributed by atoms with E-state index in [1.165, 1.54) is 0 Å². The van der Waals surface area contributed by atoms with Gasteiger partial charge < -0.3 is 7.43 Å². The Morgan fingerprint density at radius 1 is 0.625 bits per heavy atom. The van der Waals surface area contributed by atoms with E-state index >= 15 is 0 Å². The predicted octanol–water partition coefficient (Wildman–Crippen LogP) is 0.335. The van der Waals surface area contributed by atoms with Gasteiger partial charge in [-0.15, -0.1) is 0 Å². The smallest absolute Gasteiger partial charge is 0 e. The first-order valence-corrected chi connectivity index (χ1v) is 0.612. The minimum Gasteiger partial charge on any atom is -0.358 e. The molecular formula is C4H3FeO3-. The first-order chi connectivity index (χ1) is 3.00. The fraction of sp³-hybridized carbons (Fsp3) is 0. The second-order valence-electron chi connectivity index (χ2n) is 0. The van der Waals surface area contributed by atoms with Crippen LogP contribution in [-0.2, 0) is 31.0 Å². The third-order valence-corrected chi connectivity index (χ3v) is 0. The first kappa shape index (κ1) is 46.8. The molecule has 0 heterocycles. The summed E-state index contributed by atoms with van der Waals surface area (Å²) in [6.07, 6.45) is 0. The van der Waals surface area contributed by atoms with Crippen LogP contribution in [0.15, 0.2) is 0 Å². The second kappa shape index (κ2) is 3270. The molecule has 8 heavy (non-hydrogen) atoms. The van der Waals surface area contributed by atoms with Crippen LogP contribution < -0.4 is 0 Å². The summed E-state index contributed by atoms with van der Waals surface area (Å²) in [5, 5.41) is 0. The molecule has 0 aromatic carbocycles. The monoisotopic (exact) mass is 155 g/mol. The second-order valence-corrected chi connectivity index (χ2v) is 0. The molecule has 0 rings (SSSR count). The molecule has 0 fully saturated rings. The molecule has 0 atom stereocenters. The Morgan fingerprint density at radius 3 is 0.625 bits per heavy atom. The van der Waals surface area contributed by atoms with Crippen LogP contribution in [0.5, 0.6) is 0 Å². The van der Waals surface area contributed by atoms with E-state index in [2.05, 4.69) is 20.0 Å². The molecule has 0 bridgehead atoms. The molecule has 3 nitrogen and oxygen atoms in total. The zero-order valence-electron chi connectivity index (χ0n) is 4.08. The number of rotatable bonds is 0. The maximum Gasteiger partial charge on any atom is 0 e. The van der Waals surface area contributed by atoms with Crippen molar-refractivity contribution in [3.8, 4) is 0 Å². The van der Waals surface area contributed by atoms with Gasteiger partial charge in [0.15, 0.2) is 0 Å². The van der Waals surface area contributed by atoms with Crippen LogP contribution in [-0.4, -0.2) is 0 Å².